The van der Waals surface area contributed by atoms with Gasteiger partial charge in [0.1, 0.15) is 17.9 Å². The van der Waals surface area contributed by atoms with E-state index in [1.54, 1.807) is 18.7 Å². The molecule has 1 aliphatic carbocycles. The van der Waals surface area contributed by atoms with Gasteiger partial charge in [-0.15, -0.1) is 0 Å². The summed E-state index contributed by atoms with van der Waals surface area (Å²) in [6.07, 6.45) is 9.45. The number of carbonyl (C=O) groups is 1. The molecule has 1 aliphatic rings. The van der Waals surface area contributed by atoms with Crippen LogP contribution in [0.5, 0.6) is 5.75 Å². The van der Waals surface area contributed by atoms with Gasteiger partial charge in [0.05, 0.1) is 23.1 Å². The smallest absolute Gasteiger partial charge is 0.254 e. The van der Waals surface area contributed by atoms with Crippen molar-refractivity contribution in [2.75, 3.05) is 0 Å². The van der Waals surface area contributed by atoms with Crippen molar-refractivity contribution in [3.05, 3.63) is 77.2 Å². The van der Waals surface area contributed by atoms with Gasteiger partial charge >= 0.3 is 0 Å². The van der Waals surface area contributed by atoms with Crippen LogP contribution in [-0.4, -0.2) is 47.3 Å². The van der Waals surface area contributed by atoms with E-state index < -0.39 is 17.6 Å². The fraction of sp³-hybridized carbons (Fsp3) is 0.333. The third-order valence-electron chi connectivity index (χ3n) is 6.83. The molecule has 2 atom stereocenters. The number of nitrogens with zero attached hydrogens (tertiary/aromatic N) is 4. The number of carbonyl (C=O) groups excluding carboxylic acids is 1. The number of halogens is 1. The summed E-state index contributed by atoms with van der Waals surface area (Å²) in [6, 6.07) is 7.73. The number of nitrogens with one attached hydrogen (secondary N) is 1. The third-order valence-corrected chi connectivity index (χ3v) is 7.15. The molecule has 0 spiro atoms. The average molecular weight is 522 g/mol. The summed E-state index contributed by atoms with van der Waals surface area (Å²) in [4.78, 5) is 25.8. The Morgan fingerprint density at radius 2 is 2.16 bits per heavy atom. The van der Waals surface area contributed by atoms with Crippen molar-refractivity contribution in [1.29, 1.82) is 0 Å². The molecule has 1 fully saturated rings. The molecule has 10 heteroatoms. The van der Waals surface area contributed by atoms with Crippen molar-refractivity contribution in [2.24, 2.45) is 0 Å². The number of rotatable bonds is 7. The fourth-order valence-corrected chi connectivity index (χ4v) is 4.99. The van der Waals surface area contributed by atoms with Crippen molar-refractivity contribution in [3.8, 4) is 11.4 Å². The minimum Gasteiger partial charge on any atom is -0.487 e. The van der Waals surface area contributed by atoms with E-state index in [4.69, 9.17) is 21.3 Å². The zero-order chi connectivity index (χ0) is 26.0. The second kappa shape index (κ2) is 10.5. The number of aliphatic hydroxyl groups is 2. The van der Waals surface area contributed by atoms with Crippen molar-refractivity contribution in [2.45, 2.75) is 57.5 Å². The predicted octanol–water partition coefficient (Wildman–Crippen LogP) is 3.64. The number of hydrogen-bond donors (Lipinski definition) is 3. The number of ether oxygens (including phenoxy) is 1. The van der Waals surface area contributed by atoms with E-state index in [1.165, 1.54) is 6.20 Å². The van der Waals surface area contributed by atoms with Crippen molar-refractivity contribution < 1.29 is 19.7 Å². The van der Waals surface area contributed by atoms with Crippen LogP contribution in [0, 0.1) is 6.92 Å². The first kappa shape index (κ1) is 25.1. The van der Waals surface area contributed by atoms with Crippen LogP contribution in [0.1, 0.15) is 42.5 Å². The maximum Gasteiger partial charge on any atom is 0.254 e. The van der Waals surface area contributed by atoms with Gasteiger partial charge in [0.15, 0.2) is 5.60 Å². The summed E-state index contributed by atoms with van der Waals surface area (Å²) in [5, 5.41) is 25.0. The Kier molecular flexibility index (Phi) is 7.10. The van der Waals surface area contributed by atoms with Crippen LogP contribution in [0.4, 0.5) is 0 Å². The molecule has 0 bridgehead atoms. The number of fused-ring (bicyclic) bond motifs is 1. The Hall–Kier alpha value is -3.53. The van der Waals surface area contributed by atoms with Crippen LogP contribution in [0.2, 0.25) is 5.02 Å². The number of imidazole rings is 1. The summed E-state index contributed by atoms with van der Waals surface area (Å²) in [5.41, 5.74) is 2.00. The monoisotopic (exact) mass is 521 g/mol. The summed E-state index contributed by atoms with van der Waals surface area (Å²) in [6.45, 7) is 2.13. The zero-order valence-electron chi connectivity index (χ0n) is 20.4. The van der Waals surface area contributed by atoms with Crippen LogP contribution in [0.25, 0.3) is 16.6 Å². The second-order valence-electron chi connectivity index (χ2n) is 9.32. The summed E-state index contributed by atoms with van der Waals surface area (Å²) < 4.78 is 8.14. The molecular weight excluding hydrogens is 494 g/mol. The maximum atomic E-state index is 12.8. The van der Waals surface area contributed by atoms with E-state index in [-0.39, 0.29) is 19.6 Å². The topological polar surface area (TPSA) is 122 Å². The van der Waals surface area contributed by atoms with Crippen LogP contribution < -0.4 is 10.1 Å². The summed E-state index contributed by atoms with van der Waals surface area (Å²) >= 11 is 6.48. The van der Waals surface area contributed by atoms with Gasteiger partial charge in [-0.05, 0) is 43.9 Å². The number of hydrogen-bond acceptors (Lipinski definition) is 7. The van der Waals surface area contributed by atoms with Gasteiger partial charge in [-0.2, -0.15) is 0 Å². The fourth-order valence-electron chi connectivity index (χ4n) is 4.76. The lowest BCUT2D eigenvalue weighted by Crippen LogP contribution is -2.56. The van der Waals surface area contributed by atoms with Crippen LogP contribution in [0.15, 0.2) is 55.4 Å². The molecule has 2 unspecified atom stereocenters. The molecule has 9 nitrogen and oxygen atoms in total. The molecule has 37 heavy (non-hydrogen) atoms. The molecule has 192 valence electrons. The Morgan fingerprint density at radius 1 is 1.30 bits per heavy atom. The number of amides is 1. The van der Waals surface area contributed by atoms with Gasteiger partial charge < -0.3 is 24.8 Å². The number of pyridine rings is 2. The van der Waals surface area contributed by atoms with Crippen LogP contribution >= 0.6 is 11.6 Å². The second-order valence-corrected chi connectivity index (χ2v) is 9.73. The number of aromatic nitrogens is 4. The molecule has 4 aromatic rings. The summed E-state index contributed by atoms with van der Waals surface area (Å²) in [5.74, 6) is -0.0163. The number of aryl methyl sites for hydroxylation is 1. The Bertz CT molecular complexity index is 1430. The van der Waals surface area contributed by atoms with Crippen LogP contribution in [-0.2, 0) is 17.9 Å². The van der Waals surface area contributed by atoms with Gasteiger partial charge in [-0.3, -0.25) is 9.78 Å². The first-order chi connectivity index (χ1) is 17.9. The Labute approximate surface area is 219 Å². The lowest BCUT2D eigenvalue weighted by molar-refractivity contribution is -0.159. The van der Waals surface area contributed by atoms with E-state index in [2.05, 4.69) is 15.3 Å². The Morgan fingerprint density at radius 3 is 2.95 bits per heavy atom. The molecule has 1 saturated carbocycles. The normalized spacial score (nSPS) is 19.6. The molecule has 3 N–H and O–H groups in total. The van der Waals surface area contributed by atoms with Crippen LogP contribution in [0.3, 0.4) is 0 Å². The van der Waals surface area contributed by atoms with E-state index >= 15 is 0 Å². The van der Waals surface area contributed by atoms with Crippen molar-refractivity contribution >= 4 is 28.4 Å². The number of aliphatic hydroxyl groups excluding tert-OH is 1. The molecular formula is C27H28ClN5O4. The number of benzene rings is 1. The largest absolute Gasteiger partial charge is 0.487 e. The number of para-hydroxylation sites is 1. The highest BCUT2D eigenvalue weighted by atomic mass is 35.5. The molecule has 0 saturated heterocycles. The predicted molar refractivity (Wildman–Crippen MR) is 138 cm³/mol. The van der Waals surface area contributed by atoms with Gasteiger partial charge in [0.2, 0.25) is 0 Å². The van der Waals surface area contributed by atoms with Gasteiger partial charge in [0.25, 0.3) is 5.91 Å². The molecule has 3 aromatic heterocycles. The minimum absolute atomic E-state index is 0.0811. The van der Waals surface area contributed by atoms with Gasteiger partial charge in [0, 0.05) is 48.0 Å². The zero-order valence-corrected chi connectivity index (χ0v) is 21.1. The lowest BCUT2D eigenvalue weighted by atomic mass is 9.81. The van der Waals surface area contributed by atoms with Gasteiger partial charge in [-0.25, -0.2) is 9.97 Å². The minimum atomic E-state index is -1.79. The molecule has 3 heterocycles. The highest BCUT2D eigenvalue weighted by Gasteiger charge is 2.44. The van der Waals surface area contributed by atoms with E-state index in [9.17, 15) is 15.0 Å². The Balaban J connectivity index is 1.38. The van der Waals surface area contributed by atoms with Crippen molar-refractivity contribution in [3.63, 3.8) is 0 Å². The first-order valence-corrected chi connectivity index (χ1v) is 12.6. The molecule has 0 aliphatic heterocycles. The van der Waals surface area contributed by atoms with Gasteiger partial charge in [-0.1, -0.05) is 30.2 Å². The summed E-state index contributed by atoms with van der Waals surface area (Å²) in [7, 11) is 0. The highest BCUT2D eigenvalue weighted by Crippen LogP contribution is 2.31. The SMILES string of the molecule is Cc1cc(-n2ccnc2)c2cccc(OCc3c(Cl)cncc3CNC(=O)C3(O)CCCCC3O)c2n1. The lowest BCUT2D eigenvalue weighted by Gasteiger charge is -2.35. The quantitative estimate of drug-likeness (QED) is 0.339. The highest BCUT2D eigenvalue weighted by molar-refractivity contribution is 6.31. The molecule has 1 aromatic carbocycles. The molecule has 1 amide bonds. The maximum absolute atomic E-state index is 12.8. The van der Waals surface area contributed by atoms with Crippen molar-refractivity contribution in [1.82, 2.24) is 24.8 Å². The average Bonchev–Trinajstić information content (AvgIpc) is 3.43. The first-order valence-electron chi connectivity index (χ1n) is 12.2. The van der Waals surface area contributed by atoms with E-state index in [0.717, 1.165) is 23.2 Å². The van der Waals surface area contributed by atoms with E-state index in [0.29, 0.717) is 40.3 Å². The molecule has 0 radical (unpaired) electrons. The third kappa shape index (κ3) is 5.02. The van der Waals surface area contributed by atoms with E-state index in [1.807, 2.05) is 42.0 Å². The molecule has 5 rings (SSSR count). The standard InChI is InChI=1S/C27H28ClN5O4/c1-17-11-22(33-10-9-29-16-33)19-5-4-6-23(25(19)32-17)37-15-20-18(12-30-14-21(20)28)13-31-26(35)27(36)8-3-2-7-24(27)34/h4-6,9-12,14,16,24,34,36H,2-3,7-8,13,15H2,1H3,(H,31,35).